The zero-order valence-corrected chi connectivity index (χ0v) is 10.7. The van der Waals surface area contributed by atoms with Gasteiger partial charge in [0.05, 0.1) is 6.42 Å². The van der Waals surface area contributed by atoms with Gasteiger partial charge in [0.15, 0.2) is 0 Å². The van der Waals surface area contributed by atoms with Crippen LogP contribution in [0.2, 0.25) is 0 Å². The SMILES string of the molecule is CCNC1CCN(CCC(F)(F)F)CC1CC. The fourth-order valence-electron chi connectivity index (χ4n) is 2.54. The second-order valence-electron chi connectivity index (χ2n) is 4.79. The third-order valence-corrected chi connectivity index (χ3v) is 3.52. The maximum absolute atomic E-state index is 12.1. The number of alkyl halides is 3. The van der Waals surface area contributed by atoms with E-state index in [9.17, 15) is 13.2 Å². The van der Waals surface area contributed by atoms with E-state index in [0.29, 0.717) is 12.0 Å². The van der Waals surface area contributed by atoms with Gasteiger partial charge in [-0.05, 0) is 25.4 Å². The fraction of sp³-hybridized carbons (Fsp3) is 1.00. The first kappa shape index (κ1) is 14.8. The van der Waals surface area contributed by atoms with Crippen molar-refractivity contribution >= 4 is 0 Å². The molecule has 0 aromatic rings. The van der Waals surface area contributed by atoms with Crippen LogP contribution in [-0.2, 0) is 0 Å². The van der Waals surface area contributed by atoms with Crippen LogP contribution in [0.5, 0.6) is 0 Å². The highest BCUT2D eigenvalue weighted by molar-refractivity contribution is 4.84. The van der Waals surface area contributed by atoms with Gasteiger partial charge in [-0.2, -0.15) is 13.2 Å². The monoisotopic (exact) mass is 252 g/mol. The van der Waals surface area contributed by atoms with Crippen molar-refractivity contribution in [3.8, 4) is 0 Å². The van der Waals surface area contributed by atoms with Gasteiger partial charge >= 0.3 is 6.18 Å². The van der Waals surface area contributed by atoms with Crippen molar-refractivity contribution in [2.45, 2.75) is 45.3 Å². The summed E-state index contributed by atoms with van der Waals surface area (Å²) in [6.07, 6.45) is -2.72. The summed E-state index contributed by atoms with van der Waals surface area (Å²) in [7, 11) is 0. The van der Waals surface area contributed by atoms with Crippen LogP contribution in [0.25, 0.3) is 0 Å². The minimum Gasteiger partial charge on any atom is -0.314 e. The molecule has 2 nitrogen and oxygen atoms in total. The summed E-state index contributed by atoms with van der Waals surface area (Å²) in [5, 5.41) is 3.43. The molecule has 1 fully saturated rings. The van der Waals surface area contributed by atoms with E-state index >= 15 is 0 Å². The van der Waals surface area contributed by atoms with Crippen molar-refractivity contribution in [3.05, 3.63) is 0 Å². The molecule has 5 heteroatoms. The van der Waals surface area contributed by atoms with Gasteiger partial charge < -0.3 is 10.2 Å². The summed E-state index contributed by atoms with van der Waals surface area (Å²) in [5.41, 5.74) is 0. The van der Waals surface area contributed by atoms with Gasteiger partial charge in [-0.1, -0.05) is 20.3 Å². The summed E-state index contributed by atoms with van der Waals surface area (Å²) in [6, 6.07) is 0.479. The Morgan fingerprint density at radius 1 is 1.29 bits per heavy atom. The molecule has 0 aliphatic carbocycles. The van der Waals surface area contributed by atoms with Crippen molar-refractivity contribution < 1.29 is 13.2 Å². The maximum Gasteiger partial charge on any atom is 0.390 e. The molecule has 2 unspecified atom stereocenters. The lowest BCUT2D eigenvalue weighted by Crippen LogP contribution is -2.49. The molecule has 0 aromatic carbocycles. The fourth-order valence-corrected chi connectivity index (χ4v) is 2.54. The molecule has 1 heterocycles. The Labute approximate surface area is 102 Å². The topological polar surface area (TPSA) is 15.3 Å². The highest BCUT2D eigenvalue weighted by Crippen LogP contribution is 2.24. The Bertz CT molecular complexity index is 218. The molecule has 1 aliphatic heterocycles. The van der Waals surface area contributed by atoms with Crippen LogP contribution < -0.4 is 5.32 Å². The van der Waals surface area contributed by atoms with E-state index in [1.165, 1.54) is 0 Å². The largest absolute Gasteiger partial charge is 0.390 e. The van der Waals surface area contributed by atoms with Crippen molar-refractivity contribution in [2.75, 3.05) is 26.2 Å². The molecule has 1 rings (SSSR count). The van der Waals surface area contributed by atoms with Gasteiger partial charge in [-0.15, -0.1) is 0 Å². The number of likely N-dealkylation sites (tertiary alicyclic amines) is 1. The Morgan fingerprint density at radius 3 is 2.53 bits per heavy atom. The maximum atomic E-state index is 12.1. The van der Waals surface area contributed by atoms with Crippen molar-refractivity contribution in [3.63, 3.8) is 0 Å². The van der Waals surface area contributed by atoms with Crippen LogP contribution in [0.4, 0.5) is 13.2 Å². The van der Waals surface area contributed by atoms with E-state index in [2.05, 4.69) is 19.2 Å². The quantitative estimate of drug-likeness (QED) is 0.809. The number of hydrogen-bond donors (Lipinski definition) is 1. The Hall–Kier alpha value is -0.290. The van der Waals surface area contributed by atoms with Crippen molar-refractivity contribution in [1.29, 1.82) is 0 Å². The van der Waals surface area contributed by atoms with E-state index in [1.54, 1.807) is 0 Å². The zero-order valence-electron chi connectivity index (χ0n) is 10.7. The van der Waals surface area contributed by atoms with Gasteiger partial charge in [0.25, 0.3) is 0 Å². The van der Waals surface area contributed by atoms with Gasteiger partial charge in [-0.25, -0.2) is 0 Å². The van der Waals surface area contributed by atoms with Crippen LogP contribution in [0.1, 0.15) is 33.1 Å². The van der Waals surface area contributed by atoms with Crippen LogP contribution in [0.3, 0.4) is 0 Å². The van der Waals surface area contributed by atoms with E-state index < -0.39 is 12.6 Å². The number of piperidine rings is 1. The Kier molecular flexibility index (Phi) is 5.73. The summed E-state index contributed by atoms with van der Waals surface area (Å²) >= 11 is 0. The first-order valence-electron chi connectivity index (χ1n) is 6.48. The van der Waals surface area contributed by atoms with Crippen LogP contribution >= 0.6 is 0 Å². The zero-order chi connectivity index (χ0) is 12.9. The molecule has 0 amide bonds. The smallest absolute Gasteiger partial charge is 0.314 e. The number of halogens is 3. The lowest BCUT2D eigenvalue weighted by molar-refractivity contribution is -0.139. The Balaban J connectivity index is 2.37. The second-order valence-corrected chi connectivity index (χ2v) is 4.79. The number of nitrogens with zero attached hydrogens (tertiary/aromatic N) is 1. The molecule has 102 valence electrons. The highest BCUT2D eigenvalue weighted by atomic mass is 19.4. The molecule has 0 spiro atoms. The lowest BCUT2D eigenvalue weighted by Gasteiger charge is -2.38. The molecule has 2 atom stereocenters. The summed E-state index contributed by atoms with van der Waals surface area (Å²) < 4.78 is 36.4. The van der Waals surface area contributed by atoms with E-state index in [1.807, 2.05) is 4.90 Å². The number of rotatable bonds is 5. The number of hydrogen-bond acceptors (Lipinski definition) is 2. The van der Waals surface area contributed by atoms with Gasteiger partial charge in [0.2, 0.25) is 0 Å². The van der Waals surface area contributed by atoms with Gasteiger partial charge in [-0.3, -0.25) is 0 Å². The molecule has 1 aliphatic rings. The van der Waals surface area contributed by atoms with E-state index in [-0.39, 0.29) is 6.54 Å². The molecule has 0 aromatic heterocycles. The first-order valence-corrected chi connectivity index (χ1v) is 6.48. The van der Waals surface area contributed by atoms with Crippen LogP contribution in [0, 0.1) is 5.92 Å². The van der Waals surface area contributed by atoms with Gasteiger partial charge in [0, 0.05) is 19.1 Å². The molecule has 1 saturated heterocycles. The standard InChI is InChI=1S/C12H23F3N2/c1-3-10-9-17(8-6-12(13,14)15)7-5-11(10)16-4-2/h10-11,16H,3-9H2,1-2H3. The minimum atomic E-state index is -4.03. The van der Waals surface area contributed by atoms with E-state index in [0.717, 1.165) is 32.5 Å². The average molecular weight is 252 g/mol. The van der Waals surface area contributed by atoms with Crippen molar-refractivity contribution in [2.24, 2.45) is 5.92 Å². The second kappa shape index (κ2) is 6.59. The molecular formula is C12H23F3N2. The highest BCUT2D eigenvalue weighted by Gasteiger charge is 2.31. The molecule has 0 bridgehead atoms. The summed E-state index contributed by atoms with van der Waals surface area (Å²) in [4.78, 5) is 1.95. The molecule has 1 N–H and O–H groups in total. The molecular weight excluding hydrogens is 229 g/mol. The predicted molar refractivity (Wildman–Crippen MR) is 63.0 cm³/mol. The predicted octanol–water partition coefficient (Wildman–Crippen LogP) is 2.65. The lowest BCUT2D eigenvalue weighted by atomic mass is 9.90. The van der Waals surface area contributed by atoms with Crippen LogP contribution in [0.15, 0.2) is 0 Å². The minimum absolute atomic E-state index is 0.152. The summed E-state index contributed by atoms with van der Waals surface area (Å²) in [5.74, 6) is 0.483. The third kappa shape index (κ3) is 5.25. The number of nitrogens with one attached hydrogen (secondary N) is 1. The van der Waals surface area contributed by atoms with Crippen LogP contribution in [-0.4, -0.2) is 43.3 Å². The van der Waals surface area contributed by atoms with Gasteiger partial charge in [0.1, 0.15) is 0 Å². The Morgan fingerprint density at radius 2 is 2.00 bits per heavy atom. The average Bonchev–Trinajstić information content (AvgIpc) is 2.27. The molecule has 0 radical (unpaired) electrons. The summed E-state index contributed by atoms with van der Waals surface area (Å²) in [6.45, 7) is 6.85. The molecule has 17 heavy (non-hydrogen) atoms. The van der Waals surface area contributed by atoms with E-state index in [4.69, 9.17) is 0 Å². The molecule has 0 saturated carbocycles. The normalized spacial score (nSPS) is 27.4. The first-order chi connectivity index (χ1) is 7.96. The van der Waals surface area contributed by atoms with Crippen molar-refractivity contribution in [1.82, 2.24) is 10.2 Å². The third-order valence-electron chi connectivity index (χ3n) is 3.52.